The summed E-state index contributed by atoms with van der Waals surface area (Å²) in [6.07, 6.45) is 10.0. The highest BCUT2D eigenvalue weighted by Crippen LogP contribution is 2.33. The Kier molecular flexibility index (Phi) is 8.56. The first-order valence-corrected chi connectivity index (χ1v) is 14.5. The molecule has 5 aromatic rings. The molecule has 0 radical (unpaired) electrons. The molecular weight excluding hydrogens is 569 g/mol. The number of likely N-dealkylation sites (tertiary alicyclic amines) is 1. The topological polar surface area (TPSA) is 96.9 Å². The standard InChI is InChI=1S/C32H33F3N8O/c1-41-17-28(31(40-41)22-2-4-24(33)5-3-22)27-8-11-36-15-23(27)16-38-26-9-12-42(13-10-26)18-32(44,19-43-21-37-20-39-43)29-7-6-25(34)14-30(29)35/h2-8,11,14-15,17,20-21,26,38,44H,9-10,12-13,16,18-19H2,1H3/t32-/m1/s1. The number of hydrogen-bond acceptors (Lipinski definition) is 7. The van der Waals surface area contributed by atoms with Gasteiger partial charge in [0.05, 0.1) is 6.54 Å². The van der Waals surface area contributed by atoms with Crippen molar-refractivity contribution in [2.45, 2.75) is 37.6 Å². The van der Waals surface area contributed by atoms with Crippen molar-refractivity contribution < 1.29 is 18.3 Å². The van der Waals surface area contributed by atoms with E-state index in [-0.39, 0.29) is 30.5 Å². The summed E-state index contributed by atoms with van der Waals surface area (Å²) >= 11 is 0. The summed E-state index contributed by atoms with van der Waals surface area (Å²) < 4.78 is 45.3. The molecule has 2 aromatic carbocycles. The number of aromatic nitrogens is 6. The zero-order valence-corrected chi connectivity index (χ0v) is 24.2. The Morgan fingerprint density at radius 1 is 0.955 bits per heavy atom. The highest BCUT2D eigenvalue weighted by Gasteiger charge is 2.36. The third kappa shape index (κ3) is 6.57. The van der Waals surface area contributed by atoms with Gasteiger partial charge in [-0.1, -0.05) is 6.07 Å². The van der Waals surface area contributed by atoms with Gasteiger partial charge in [0.1, 0.15) is 41.4 Å². The second-order valence-corrected chi connectivity index (χ2v) is 11.3. The third-order valence-corrected chi connectivity index (χ3v) is 8.12. The first-order chi connectivity index (χ1) is 21.3. The van der Waals surface area contributed by atoms with Crippen LogP contribution >= 0.6 is 0 Å². The summed E-state index contributed by atoms with van der Waals surface area (Å²) in [5.74, 6) is -1.80. The number of pyridine rings is 1. The van der Waals surface area contributed by atoms with Crippen molar-refractivity contribution >= 4 is 0 Å². The highest BCUT2D eigenvalue weighted by atomic mass is 19.1. The monoisotopic (exact) mass is 602 g/mol. The Labute approximate surface area is 253 Å². The number of rotatable bonds is 10. The lowest BCUT2D eigenvalue weighted by Gasteiger charge is -2.38. The van der Waals surface area contributed by atoms with Crippen LogP contribution in [0.3, 0.4) is 0 Å². The Morgan fingerprint density at radius 2 is 1.73 bits per heavy atom. The minimum atomic E-state index is -1.64. The van der Waals surface area contributed by atoms with Crippen molar-refractivity contribution in [3.63, 3.8) is 0 Å². The summed E-state index contributed by atoms with van der Waals surface area (Å²) in [6.45, 7) is 2.07. The molecule has 9 nitrogen and oxygen atoms in total. The zero-order chi connectivity index (χ0) is 30.7. The molecule has 1 saturated heterocycles. The van der Waals surface area contributed by atoms with E-state index in [1.54, 1.807) is 23.0 Å². The summed E-state index contributed by atoms with van der Waals surface area (Å²) in [4.78, 5) is 10.4. The van der Waals surface area contributed by atoms with Crippen LogP contribution in [0, 0.1) is 17.5 Å². The van der Waals surface area contributed by atoms with Gasteiger partial charge in [0, 0.05) is 67.5 Å². The lowest BCUT2D eigenvalue weighted by molar-refractivity contribution is -0.0272. The van der Waals surface area contributed by atoms with Crippen LogP contribution in [0.5, 0.6) is 0 Å². The second kappa shape index (κ2) is 12.7. The summed E-state index contributed by atoms with van der Waals surface area (Å²) in [5.41, 5.74) is 2.93. The van der Waals surface area contributed by atoms with Gasteiger partial charge in [0.25, 0.3) is 0 Å². The van der Waals surface area contributed by atoms with Crippen LogP contribution < -0.4 is 5.32 Å². The van der Waals surface area contributed by atoms with E-state index in [0.29, 0.717) is 19.6 Å². The first-order valence-electron chi connectivity index (χ1n) is 14.5. The average molecular weight is 603 g/mol. The lowest BCUT2D eigenvalue weighted by Crippen LogP contribution is -2.49. The molecule has 1 fully saturated rings. The maximum atomic E-state index is 14.8. The number of aliphatic hydroxyl groups is 1. The molecule has 228 valence electrons. The van der Waals surface area contributed by atoms with Gasteiger partial charge in [-0.3, -0.25) is 14.6 Å². The second-order valence-electron chi connectivity index (χ2n) is 11.3. The smallest absolute Gasteiger partial charge is 0.137 e. The van der Waals surface area contributed by atoms with Gasteiger partial charge in [-0.05, 0) is 73.5 Å². The molecule has 12 heteroatoms. The van der Waals surface area contributed by atoms with Crippen molar-refractivity contribution in [3.8, 4) is 22.4 Å². The Morgan fingerprint density at radius 3 is 2.45 bits per heavy atom. The minimum Gasteiger partial charge on any atom is -0.382 e. The van der Waals surface area contributed by atoms with E-state index in [0.717, 1.165) is 52.9 Å². The van der Waals surface area contributed by atoms with Crippen LogP contribution in [0.15, 0.2) is 79.8 Å². The van der Waals surface area contributed by atoms with Crippen LogP contribution in [0.1, 0.15) is 24.0 Å². The number of nitrogens with one attached hydrogen (secondary N) is 1. The molecule has 6 rings (SSSR count). The first kappa shape index (κ1) is 29.7. The number of piperidine rings is 1. The van der Waals surface area contributed by atoms with E-state index >= 15 is 0 Å². The van der Waals surface area contributed by atoms with Gasteiger partial charge in [-0.2, -0.15) is 10.2 Å². The molecule has 0 saturated carbocycles. The lowest BCUT2D eigenvalue weighted by atomic mass is 9.91. The Bertz CT molecular complexity index is 1700. The molecule has 44 heavy (non-hydrogen) atoms. The van der Waals surface area contributed by atoms with E-state index in [1.165, 1.54) is 35.5 Å². The number of benzene rings is 2. The fraction of sp³-hybridized carbons (Fsp3) is 0.312. The molecular formula is C32H33F3N8O. The molecule has 2 N–H and O–H groups in total. The van der Waals surface area contributed by atoms with Crippen LogP contribution in [0.25, 0.3) is 22.4 Å². The quantitative estimate of drug-likeness (QED) is 0.246. The molecule has 3 aromatic heterocycles. The number of nitrogens with zero attached hydrogens (tertiary/aromatic N) is 7. The van der Waals surface area contributed by atoms with E-state index in [2.05, 4.69) is 30.4 Å². The van der Waals surface area contributed by atoms with Gasteiger partial charge < -0.3 is 10.4 Å². The molecule has 0 bridgehead atoms. The van der Waals surface area contributed by atoms with Crippen molar-refractivity contribution in [3.05, 3.63) is 108 Å². The largest absolute Gasteiger partial charge is 0.382 e. The maximum Gasteiger partial charge on any atom is 0.137 e. The Balaban J connectivity index is 1.12. The van der Waals surface area contributed by atoms with E-state index < -0.39 is 17.2 Å². The van der Waals surface area contributed by atoms with Gasteiger partial charge in [-0.25, -0.2) is 22.8 Å². The van der Waals surface area contributed by atoms with Crippen LogP contribution in [-0.4, -0.2) is 65.2 Å². The third-order valence-electron chi connectivity index (χ3n) is 8.12. The van der Waals surface area contributed by atoms with E-state index in [4.69, 9.17) is 0 Å². The number of aryl methyl sites for hydroxylation is 1. The van der Waals surface area contributed by atoms with Gasteiger partial charge >= 0.3 is 0 Å². The Hall–Kier alpha value is -4.39. The van der Waals surface area contributed by atoms with E-state index in [9.17, 15) is 18.3 Å². The maximum absolute atomic E-state index is 14.8. The van der Waals surface area contributed by atoms with Crippen LogP contribution in [-0.2, 0) is 25.7 Å². The molecule has 0 unspecified atom stereocenters. The molecule has 1 aliphatic rings. The normalized spacial score (nSPS) is 15.8. The molecule has 0 spiro atoms. The van der Waals surface area contributed by atoms with Gasteiger partial charge in [0.15, 0.2) is 0 Å². The summed E-state index contributed by atoms with van der Waals surface area (Å²) in [7, 11) is 1.86. The van der Waals surface area contributed by atoms with E-state index in [1.807, 2.05) is 25.5 Å². The predicted octanol–water partition coefficient (Wildman–Crippen LogP) is 4.30. The molecule has 4 heterocycles. The zero-order valence-electron chi connectivity index (χ0n) is 24.2. The number of hydrogen-bond donors (Lipinski definition) is 2. The number of halogens is 3. The van der Waals surface area contributed by atoms with Crippen LogP contribution in [0.2, 0.25) is 0 Å². The van der Waals surface area contributed by atoms with Gasteiger partial charge in [-0.15, -0.1) is 0 Å². The fourth-order valence-electron chi connectivity index (χ4n) is 5.93. The van der Waals surface area contributed by atoms with Crippen molar-refractivity contribution in [2.24, 2.45) is 7.05 Å². The predicted molar refractivity (Wildman–Crippen MR) is 158 cm³/mol. The highest BCUT2D eigenvalue weighted by molar-refractivity contribution is 5.81. The average Bonchev–Trinajstić information content (AvgIpc) is 3.66. The van der Waals surface area contributed by atoms with Crippen LogP contribution in [0.4, 0.5) is 13.2 Å². The molecule has 1 aliphatic heterocycles. The fourth-order valence-corrected chi connectivity index (χ4v) is 5.93. The minimum absolute atomic E-state index is 0.0221. The molecule has 0 aliphatic carbocycles. The molecule has 0 amide bonds. The molecule has 1 atom stereocenters. The number of β-amino-alcohol motifs (C(OH)–C–C–N with tert-alkyl or cyclic N) is 1. The van der Waals surface area contributed by atoms with Crippen molar-refractivity contribution in [1.29, 1.82) is 0 Å². The summed E-state index contributed by atoms with van der Waals surface area (Å²) in [6, 6.07) is 11.7. The van der Waals surface area contributed by atoms with Gasteiger partial charge in [0.2, 0.25) is 0 Å². The van der Waals surface area contributed by atoms with Crippen molar-refractivity contribution in [2.75, 3.05) is 19.6 Å². The SMILES string of the molecule is Cn1cc(-c2ccncc2CNC2CCN(C[C@@](O)(Cn3cncn3)c3ccc(F)cc3F)CC2)c(-c2ccc(F)cc2)n1. The van der Waals surface area contributed by atoms with Crippen molar-refractivity contribution in [1.82, 2.24) is 39.7 Å². The summed E-state index contributed by atoms with van der Waals surface area (Å²) in [5, 5.41) is 24.1.